The number of benzene rings is 1. The molecule has 26 heavy (non-hydrogen) atoms. The maximum Gasteiger partial charge on any atom is 0.310 e. The van der Waals surface area contributed by atoms with E-state index in [4.69, 9.17) is 4.74 Å². The molecule has 3 heterocycles. The first-order chi connectivity index (χ1) is 12.5. The van der Waals surface area contributed by atoms with Gasteiger partial charge in [0.2, 0.25) is 0 Å². The molecule has 0 aliphatic carbocycles. The van der Waals surface area contributed by atoms with Gasteiger partial charge in [-0.05, 0) is 24.1 Å². The van der Waals surface area contributed by atoms with Gasteiger partial charge >= 0.3 is 5.97 Å². The summed E-state index contributed by atoms with van der Waals surface area (Å²) in [6.07, 6.45) is 0.582. The lowest BCUT2D eigenvalue weighted by Crippen LogP contribution is -2.29. The molecule has 2 aromatic rings. The number of carbonyl (C=O) groups excluding carboxylic acids is 2. The van der Waals surface area contributed by atoms with Crippen LogP contribution >= 0.6 is 23.1 Å². The molecule has 1 aromatic carbocycles. The van der Waals surface area contributed by atoms with Gasteiger partial charge in [0.15, 0.2) is 0 Å². The fourth-order valence-electron chi connectivity index (χ4n) is 3.35. The highest BCUT2D eigenvalue weighted by atomic mass is 32.2. The fourth-order valence-corrected chi connectivity index (χ4v) is 5.72. The number of nitrogens with zero attached hydrogens (tertiary/aromatic N) is 1. The highest BCUT2D eigenvalue weighted by Gasteiger charge is 2.33. The van der Waals surface area contributed by atoms with E-state index in [1.165, 1.54) is 36.3 Å². The van der Waals surface area contributed by atoms with Crippen LogP contribution in [-0.2, 0) is 15.3 Å². The maximum atomic E-state index is 14.0. The van der Waals surface area contributed by atoms with E-state index in [9.17, 15) is 18.4 Å². The third-order valence-corrected chi connectivity index (χ3v) is 7.01. The van der Waals surface area contributed by atoms with Crippen LogP contribution in [0.2, 0.25) is 0 Å². The highest BCUT2D eigenvalue weighted by molar-refractivity contribution is 7.98. The molecule has 1 unspecified atom stereocenters. The van der Waals surface area contributed by atoms with Crippen molar-refractivity contribution in [3.8, 4) is 10.4 Å². The number of carbonyl (C=O) groups is 2. The van der Waals surface area contributed by atoms with Gasteiger partial charge in [-0.2, -0.15) is 0 Å². The third kappa shape index (κ3) is 2.91. The van der Waals surface area contributed by atoms with Gasteiger partial charge in [-0.25, -0.2) is 8.78 Å². The van der Waals surface area contributed by atoms with Gasteiger partial charge in [0, 0.05) is 35.3 Å². The molecular weight excluding hydrogens is 380 g/mol. The molecule has 8 heteroatoms. The second-order valence-corrected chi connectivity index (χ2v) is 8.32. The van der Waals surface area contributed by atoms with Gasteiger partial charge in [0.05, 0.1) is 22.8 Å². The van der Waals surface area contributed by atoms with Gasteiger partial charge in [-0.15, -0.1) is 23.1 Å². The van der Waals surface area contributed by atoms with Crippen LogP contribution in [0.3, 0.4) is 0 Å². The largest absolute Gasteiger partial charge is 0.469 e. The van der Waals surface area contributed by atoms with E-state index < -0.39 is 11.6 Å². The fraction of sp³-hybridized carbons (Fsp3) is 0.333. The molecule has 1 fully saturated rings. The van der Waals surface area contributed by atoms with Crippen molar-refractivity contribution < 1.29 is 23.1 Å². The Morgan fingerprint density at radius 1 is 1.27 bits per heavy atom. The Hall–Kier alpha value is -1.93. The molecule has 1 aromatic heterocycles. The molecule has 4 rings (SSSR count). The van der Waals surface area contributed by atoms with Gasteiger partial charge in [0.25, 0.3) is 5.91 Å². The number of halogens is 2. The summed E-state index contributed by atoms with van der Waals surface area (Å²) in [6, 6.07) is 4.00. The van der Waals surface area contributed by atoms with Crippen molar-refractivity contribution >= 4 is 35.0 Å². The van der Waals surface area contributed by atoms with E-state index in [0.29, 0.717) is 40.6 Å². The molecule has 2 aliphatic rings. The second kappa shape index (κ2) is 6.66. The monoisotopic (exact) mass is 395 g/mol. The summed E-state index contributed by atoms with van der Waals surface area (Å²) in [5.41, 5.74) is 1.41. The zero-order valence-electron chi connectivity index (χ0n) is 13.9. The molecule has 0 bridgehead atoms. The number of hydrogen-bond acceptors (Lipinski definition) is 5. The minimum absolute atomic E-state index is 0.153. The van der Waals surface area contributed by atoms with Crippen LogP contribution < -0.4 is 0 Å². The molecule has 0 radical (unpaired) electrons. The zero-order chi connectivity index (χ0) is 18.4. The maximum absolute atomic E-state index is 14.0. The van der Waals surface area contributed by atoms with E-state index in [1.807, 2.05) is 0 Å². The van der Waals surface area contributed by atoms with Crippen molar-refractivity contribution in [3.05, 3.63) is 40.3 Å². The first-order valence-corrected chi connectivity index (χ1v) is 9.90. The summed E-state index contributed by atoms with van der Waals surface area (Å²) in [6.45, 7) is 0.832. The second-order valence-electron chi connectivity index (χ2n) is 6.28. The Bertz CT molecular complexity index is 912. The number of amides is 1. The average molecular weight is 395 g/mol. The van der Waals surface area contributed by atoms with E-state index in [1.54, 1.807) is 11.0 Å². The van der Waals surface area contributed by atoms with Gasteiger partial charge < -0.3 is 9.64 Å². The van der Waals surface area contributed by atoms with E-state index >= 15 is 0 Å². The van der Waals surface area contributed by atoms with Crippen LogP contribution in [-0.4, -0.2) is 37.0 Å². The lowest BCUT2D eigenvalue weighted by Gasteiger charge is -2.16. The first-order valence-electron chi connectivity index (χ1n) is 8.10. The van der Waals surface area contributed by atoms with E-state index in [0.717, 1.165) is 16.5 Å². The van der Waals surface area contributed by atoms with Gasteiger partial charge in [-0.3, -0.25) is 9.59 Å². The molecule has 0 spiro atoms. The number of rotatable bonds is 2. The van der Waals surface area contributed by atoms with E-state index in [-0.39, 0.29) is 17.8 Å². The molecule has 2 aliphatic heterocycles. The predicted octanol–water partition coefficient (Wildman–Crippen LogP) is 3.93. The normalized spacial score (nSPS) is 18.4. The lowest BCUT2D eigenvalue weighted by molar-refractivity contribution is -0.144. The number of thioether (sulfide) groups is 1. The van der Waals surface area contributed by atoms with Crippen molar-refractivity contribution in [1.29, 1.82) is 0 Å². The SMILES string of the molecule is COC(=O)C1CCN(C(=O)c2cc3c(s2)-c2cc(F)cc(F)c2SC3)C1. The number of methoxy groups -OCH3 is 1. The van der Waals surface area contributed by atoms with Crippen molar-refractivity contribution in [2.45, 2.75) is 17.1 Å². The van der Waals surface area contributed by atoms with Crippen LogP contribution in [0.1, 0.15) is 21.7 Å². The lowest BCUT2D eigenvalue weighted by atomic mass is 10.1. The highest BCUT2D eigenvalue weighted by Crippen LogP contribution is 2.47. The standard InChI is InChI=1S/C18H15F2NO3S2/c1-24-18(23)9-2-3-21(7-9)17(22)14-4-10-8-25-16-12(15(10)26-14)5-11(19)6-13(16)20/h4-6,9H,2-3,7-8H2,1H3. The zero-order valence-corrected chi connectivity index (χ0v) is 15.5. The third-order valence-electron chi connectivity index (χ3n) is 4.65. The minimum atomic E-state index is -0.628. The van der Waals surface area contributed by atoms with Crippen molar-refractivity contribution in [3.63, 3.8) is 0 Å². The number of fused-ring (bicyclic) bond motifs is 3. The molecule has 4 nitrogen and oxygen atoms in total. The Morgan fingerprint density at radius 3 is 2.85 bits per heavy atom. The predicted molar refractivity (Wildman–Crippen MR) is 95.3 cm³/mol. The number of thiophene rings is 1. The Kier molecular flexibility index (Phi) is 4.48. The van der Waals surface area contributed by atoms with Crippen LogP contribution in [0, 0.1) is 17.6 Å². The smallest absolute Gasteiger partial charge is 0.310 e. The molecule has 0 saturated carbocycles. The molecular formula is C18H15F2NO3S2. The number of esters is 1. The van der Waals surface area contributed by atoms with Crippen molar-refractivity contribution in [2.75, 3.05) is 20.2 Å². The quantitative estimate of drug-likeness (QED) is 0.723. The average Bonchev–Trinajstić information content (AvgIpc) is 3.27. The summed E-state index contributed by atoms with van der Waals surface area (Å²) >= 11 is 2.56. The topological polar surface area (TPSA) is 46.6 Å². The van der Waals surface area contributed by atoms with Crippen LogP contribution in [0.15, 0.2) is 23.1 Å². The summed E-state index contributed by atoms with van der Waals surface area (Å²) < 4.78 is 32.4. The van der Waals surface area contributed by atoms with Crippen LogP contribution in [0.25, 0.3) is 10.4 Å². The molecule has 1 atom stereocenters. The Balaban J connectivity index is 1.62. The van der Waals surface area contributed by atoms with Crippen LogP contribution in [0.5, 0.6) is 0 Å². The summed E-state index contributed by atoms with van der Waals surface area (Å²) in [4.78, 5) is 27.8. The Labute approximate surface area is 157 Å². The van der Waals surface area contributed by atoms with Crippen molar-refractivity contribution in [1.82, 2.24) is 4.90 Å². The number of likely N-dealkylation sites (tertiary alicyclic amines) is 1. The molecule has 1 saturated heterocycles. The molecule has 1 amide bonds. The molecule has 136 valence electrons. The van der Waals surface area contributed by atoms with Crippen LogP contribution in [0.4, 0.5) is 8.78 Å². The van der Waals surface area contributed by atoms with Gasteiger partial charge in [-0.1, -0.05) is 0 Å². The van der Waals surface area contributed by atoms with Crippen molar-refractivity contribution in [2.24, 2.45) is 5.92 Å². The summed E-state index contributed by atoms with van der Waals surface area (Å²) in [5.74, 6) is -1.41. The number of hydrogen-bond donors (Lipinski definition) is 0. The Morgan fingerprint density at radius 2 is 2.08 bits per heavy atom. The summed E-state index contributed by atoms with van der Waals surface area (Å²) in [7, 11) is 1.34. The van der Waals surface area contributed by atoms with Gasteiger partial charge in [0.1, 0.15) is 11.6 Å². The minimum Gasteiger partial charge on any atom is -0.469 e. The summed E-state index contributed by atoms with van der Waals surface area (Å²) in [5, 5.41) is 0. The number of ether oxygens (including phenoxy) is 1. The first kappa shape index (κ1) is 17.5. The molecule has 0 N–H and O–H groups in total. The van der Waals surface area contributed by atoms with E-state index in [2.05, 4.69) is 0 Å².